The van der Waals surface area contributed by atoms with Gasteiger partial charge in [-0.2, -0.15) is 0 Å². The molecule has 0 aliphatic carbocycles. The van der Waals surface area contributed by atoms with Gasteiger partial charge in [0.1, 0.15) is 11.5 Å². The molecule has 2 N–H and O–H groups in total. The van der Waals surface area contributed by atoms with Gasteiger partial charge >= 0.3 is 0 Å². The number of phenols is 2. The van der Waals surface area contributed by atoms with Crippen LogP contribution < -0.4 is 0 Å². The molecule has 0 heterocycles. The third-order valence-corrected chi connectivity index (χ3v) is 6.14. The Hall–Kier alpha value is -3.52. The minimum absolute atomic E-state index is 0.297. The van der Waals surface area contributed by atoms with E-state index in [2.05, 4.69) is 50.2 Å². The summed E-state index contributed by atoms with van der Waals surface area (Å²) in [6, 6.07) is 28.6. The van der Waals surface area contributed by atoms with Crippen molar-refractivity contribution in [2.24, 2.45) is 0 Å². The van der Waals surface area contributed by atoms with E-state index < -0.39 is 0 Å². The molecule has 168 valence electrons. The zero-order valence-electron chi connectivity index (χ0n) is 19.5. The SMILES string of the molecule is CCCc1cc(Cc2ccc(-c3ccc(O)cc3)c(CCC)c2)ccc1-c1ccc(O)cc1. The van der Waals surface area contributed by atoms with Crippen molar-refractivity contribution in [2.45, 2.75) is 46.0 Å². The molecule has 2 heteroatoms. The Bertz CT molecular complexity index is 1110. The minimum Gasteiger partial charge on any atom is -0.508 e. The highest BCUT2D eigenvalue weighted by molar-refractivity contribution is 5.70. The van der Waals surface area contributed by atoms with Crippen LogP contribution in [0.1, 0.15) is 48.9 Å². The first-order chi connectivity index (χ1) is 16.1. The van der Waals surface area contributed by atoms with Gasteiger partial charge in [0.2, 0.25) is 0 Å². The third kappa shape index (κ3) is 5.46. The smallest absolute Gasteiger partial charge is 0.115 e. The maximum absolute atomic E-state index is 9.64. The molecule has 0 saturated heterocycles. The fourth-order valence-corrected chi connectivity index (χ4v) is 4.55. The Labute approximate surface area is 197 Å². The molecule has 0 unspecified atom stereocenters. The van der Waals surface area contributed by atoms with Crippen molar-refractivity contribution in [2.75, 3.05) is 0 Å². The van der Waals surface area contributed by atoms with Crippen molar-refractivity contribution in [1.82, 2.24) is 0 Å². The van der Waals surface area contributed by atoms with Gasteiger partial charge in [-0.05, 0) is 88.0 Å². The first-order valence-corrected chi connectivity index (χ1v) is 11.9. The Morgan fingerprint density at radius 2 is 0.909 bits per heavy atom. The molecule has 4 rings (SSSR count). The second-order valence-electron chi connectivity index (χ2n) is 8.75. The second kappa shape index (κ2) is 10.4. The molecule has 0 amide bonds. The molecule has 0 saturated carbocycles. The highest BCUT2D eigenvalue weighted by atomic mass is 16.3. The van der Waals surface area contributed by atoms with Crippen LogP contribution in [-0.2, 0) is 19.3 Å². The quantitative estimate of drug-likeness (QED) is 0.294. The molecule has 0 bridgehead atoms. The van der Waals surface area contributed by atoms with Crippen LogP contribution in [0.4, 0.5) is 0 Å². The van der Waals surface area contributed by atoms with E-state index in [9.17, 15) is 10.2 Å². The number of aryl methyl sites for hydroxylation is 2. The van der Waals surface area contributed by atoms with Crippen molar-refractivity contribution in [1.29, 1.82) is 0 Å². The average molecular weight is 437 g/mol. The van der Waals surface area contributed by atoms with Gasteiger partial charge in [-0.3, -0.25) is 0 Å². The van der Waals surface area contributed by atoms with Crippen molar-refractivity contribution in [3.8, 4) is 33.8 Å². The monoisotopic (exact) mass is 436 g/mol. The Morgan fingerprint density at radius 1 is 0.515 bits per heavy atom. The maximum Gasteiger partial charge on any atom is 0.115 e. The molecule has 4 aromatic rings. The Morgan fingerprint density at radius 3 is 1.27 bits per heavy atom. The van der Waals surface area contributed by atoms with Gasteiger partial charge in [0.25, 0.3) is 0 Å². The second-order valence-corrected chi connectivity index (χ2v) is 8.75. The summed E-state index contributed by atoms with van der Waals surface area (Å²) in [7, 11) is 0. The van der Waals surface area contributed by atoms with E-state index in [0.717, 1.165) is 43.2 Å². The molecule has 2 nitrogen and oxygen atoms in total. The molecular weight excluding hydrogens is 404 g/mol. The fourth-order valence-electron chi connectivity index (χ4n) is 4.55. The summed E-state index contributed by atoms with van der Waals surface area (Å²) in [5, 5.41) is 19.3. The first kappa shape index (κ1) is 22.7. The van der Waals surface area contributed by atoms with E-state index in [1.165, 1.54) is 33.4 Å². The fraction of sp³-hybridized carbons (Fsp3) is 0.226. The van der Waals surface area contributed by atoms with Crippen LogP contribution in [0.15, 0.2) is 84.9 Å². The first-order valence-electron chi connectivity index (χ1n) is 11.9. The Balaban J connectivity index is 1.63. The summed E-state index contributed by atoms with van der Waals surface area (Å²) in [6.45, 7) is 4.43. The van der Waals surface area contributed by atoms with E-state index >= 15 is 0 Å². The summed E-state index contributed by atoms with van der Waals surface area (Å²) in [5.74, 6) is 0.595. The molecule has 0 radical (unpaired) electrons. The maximum atomic E-state index is 9.64. The molecule has 4 aromatic carbocycles. The molecule has 0 aromatic heterocycles. The van der Waals surface area contributed by atoms with Crippen LogP contribution in [0.3, 0.4) is 0 Å². The van der Waals surface area contributed by atoms with Gasteiger partial charge in [0.15, 0.2) is 0 Å². The van der Waals surface area contributed by atoms with Gasteiger partial charge < -0.3 is 10.2 Å². The van der Waals surface area contributed by atoms with Gasteiger partial charge in [-0.25, -0.2) is 0 Å². The molecule has 33 heavy (non-hydrogen) atoms. The normalized spacial score (nSPS) is 11.0. The van der Waals surface area contributed by atoms with E-state index in [0.29, 0.717) is 11.5 Å². The van der Waals surface area contributed by atoms with E-state index in [1.807, 2.05) is 24.3 Å². The highest BCUT2D eigenvalue weighted by Gasteiger charge is 2.10. The van der Waals surface area contributed by atoms with Gasteiger partial charge in [-0.1, -0.05) is 87.4 Å². The average Bonchev–Trinajstić information content (AvgIpc) is 2.81. The van der Waals surface area contributed by atoms with E-state index in [1.54, 1.807) is 24.3 Å². The lowest BCUT2D eigenvalue weighted by Crippen LogP contribution is -1.97. The summed E-state index contributed by atoms with van der Waals surface area (Å²) in [6.07, 6.45) is 5.15. The minimum atomic E-state index is 0.297. The molecule has 0 aliphatic rings. The Kier molecular flexibility index (Phi) is 7.14. The molecule has 0 spiro atoms. The van der Waals surface area contributed by atoms with Crippen molar-refractivity contribution >= 4 is 0 Å². The molecule has 0 atom stereocenters. The van der Waals surface area contributed by atoms with Crippen LogP contribution >= 0.6 is 0 Å². The van der Waals surface area contributed by atoms with E-state index in [4.69, 9.17) is 0 Å². The number of aromatic hydroxyl groups is 2. The predicted molar refractivity (Wildman–Crippen MR) is 138 cm³/mol. The molecule has 0 fully saturated rings. The van der Waals surface area contributed by atoms with Crippen LogP contribution in [0.2, 0.25) is 0 Å². The third-order valence-electron chi connectivity index (χ3n) is 6.14. The van der Waals surface area contributed by atoms with Gasteiger partial charge in [0.05, 0.1) is 0 Å². The van der Waals surface area contributed by atoms with Gasteiger partial charge in [-0.15, -0.1) is 0 Å². The topological polar surface area (TPSA) is 40.5 Å². The summed E-state index contributed by atoms with van der Waals surface area (Å²) in [5.41, 5.74) is 10.1. The number of hydrogen-bond donors (Lipinski definition) is 2. The molecule has 0 aliphatic heterocycles. The number of benzene rings is 4. The lowest BCUT2D eigenvalue weighted by molar-refractivity contribution is 0.475. The highest BCUT2D eigenvalue weighted by Crippen LogP contribution is 2.30. The van der Waals surface area contributed by atoms with Crippen molar-refractivity contribution in [3.05, 3.63) is 107 Å². The number of rotatable bonds is 8. The largest absolute Gasteiger partial charge is 0.508 e. The number of hydrogen-bond acceptors (Lipinski definition) is 2. The summed E-state index contributed by atoms with van der Waals surface area (Å²) in [4.78, 5) is 0. The van der Waals surface area contributed by atoms with Crippen LogP contribution in [-0.4, -0.2) is 10.2 Å². The van der Waals surface area contributed by atoms with Crippen molar-refractivity contribution in [3.63, 3.8) is 0 Å². The van der Waals surface area contributed by atoms with Gasteiger partial charge in [0, 0.05) is 0 Å². The summed E-state index contributed by atoms with van der Waals surface area (Å²) >= 11 is 0. The van der Waals surface area contributed by atoms with E-state index in [-0.39, 0.29) is 0 Å². The van der Waals surface area contributed by atoms with Crippen LogP contribution in [0, 0.1) is 0 Å². The molecular formula is C31H32O2. The summed E-state index contributed by atoms with van der Waals surface area (Å²) < 4.78 is 0. The zero-order valence-corrected chi connectivity index (χ0v) is 19.5. The van der Waals surface area contributed by atoms with Crippen LogP contribution in [0.5, 0.6) is 11.5 Å². The lowest BCUT2D eigenvalue weighted by atomic mass is 9.91. The lowest BCUT2D eigenvalue weighted by Gasteiger charge is -2.14. The number of phenolic OH excluding ortho intramolecular Hbond substituents is 2. The standard InChI is InChI=1S/C31H32O2/c1-3-5-26-20-22(7-17-30(26)24-9-13-28(32)14-10-24)19-23-8-18-31(27(21-23)6-4-2)25-11-15-29(33)16-12-25/h7-18,20-21,32-33H,3-6,19H2,1-2H3. The predicted octanol–water partition coefficient (Wildman–Crippen LogP) is 7.93. The zero-order chi connectivity index (χ0) is 23.2. The van der Waals surface area contributed by atoms with Crippen molar-refractivity contribution < 1.29 is 10.2 Å². The van der Waals surface area contributed by atoms with Crippen LogP contribution in [0.25, 0.3) is 22.3 Å².